The van der Waals surface area contributed by atoms with Crippen LogP contribution in [0.5, 0.6) is 0 Å². The van der Waals surface area contributed by atoms with Gasteiger partial charge in [0.05, 0.1) is 10.8 Å². The SMILES string of the molecule is O=C(Nc1cccc([N+](=O)[O-])c1)[C@@H]1CC(=O)N(Cc2ccc(F)cc2)C1. The molecular weight excluding hydrogens is 341 g/mol. The van der Waals surface area contributed by atoms with Gasteiger partial charge < -0.3 is 10.2 Å². The van der Waals surface area contributed by atoms with Crippen LogP contribution in [0.25, 0.3) is 0 Å². The summed E-state index contributed by atoms with van der Waals surface area (Å²) in [5.41, 5.74) is 0.969. The van der Waals surface area contributed by atoms with Gasteiger partial charge in [-0.2, -0.15) is 0 Å². The summed E-state index contributed by atoms with van der Waals surface area (Å²) in [6.07, 6.45) is 0.0714. The molecule has 1 aliphatic heterocycles. The van der Waals surface area contributed by atoms with Crippen LogP contribution in [0.4, 0.5) is 15.8 Å². The minimum Gasteiger partial charge on any atom is -0.338 e. The van der Waals surface area contributed by atoms with Crippen molar-refractivity contribution in [1.29, 1.82) is 0 Å². The Balaban J connectivity index is 1.62. The van der Waals surface area contributed by atoms with Gasteiger partial charge >= 0.3 is 0 Å². The molecule has 0 radical (unpaired) electrons. The standard InChI is InChI=1S/C18H16FN3O4/c19-14-6-4-12(5-7-14)10-21-11-13(8-17(21)23)18(24)20-15-2-1-3-16(9-15)22(25)26/h1-7,9,13H,8,10-11H2,(H,20,24)/t13-/m1/s1. The average molecular weight is 357 g/mol. The van der Waals surface area contributed by atoms with Crippen molar-refractivity contribution < 1.29 is 18.9 Å². The highest BCUT2D eigenvalue weighted by atomic mass is 19.1. The second kappa shape index (κ2) is 7.30. The van der Waals surface area contributed by atoms with Crippen molar-refractivity contribution in [2.75, 3.05) is 11.9 Å². The minimum absolute atomic E-state index is 0.0714. The molecule has 2 aromatic rings. The van der Waals surface area contributed by atoms with Crippen molar-refractivity contribution in [3.63, 3.8) is 0 Å². The summed E-state index contributed by atoms with van der Waals surface area (Å²) >= 11 is 0. The van der Waals surface area contributed by atoms with Crippen LogP contribution in [0.2, 0.25) is 0 Å². The fraction of sp³-hybridized carbons (Fsp3) is 0.222. The monoisotopic (exact) mass is 357 g/mol. The molecule has 0 unspecified atom stereocenters. The van der Waals surface area contributed by atoms with Crippen LogP contribution < -0.4 is 5.32 Å². The maximum Gasteiger partial charge on any atom is 0.271 e. The first-order valence-electron chi connectivity index (χ1n) is 8.00. The van der Waals surface area contributed by atoms with Gasteiger partial charge in [-0.15, -0.1) is 0 Å². The number of nitro benzene ring substituents is 1. The molecule has 0 aromatic heterocycles. The van der Waals surface area contributed by atoms with E-state index in [-0.39, 0.29) is 36.3 Å². The van der Waals surface area contributed by atoms with E-state index in [2.05, 4.69) is 5.32 Å². The minimum atomic E-state index is -0.542. The number of anilines is 1. The van der Waals surface area contributed by atoms with Crippen LogP contribution >= 0.6 is 0 Å². The molecule has 0 aliphatic carbocycles. The molecule has 3 rings (SSSR count). The number of rotatable bonds is 5. The maximum absolute atomic E-state index is 13.0. The van der Waals surface area contributed by atoms with Crippen molar-refractivity contribution in [3.05, 3.63) is 70.0 Å². The van der Waals surface area contributed by atoms with Crippen LogP contribution in [0, 0.1) is 21.8 Å². The first-order valence-corrected chi connectivity index (χ1v) is 8.00. The third-order valence-electron chi connectivity index (χ3n) is 4.20. The number of halogens is 1. The van der Waals surface area contributed by atoms with E-state index in [9.17, 15) is 24.1 Å². The number of benzene rings is 2. The molecule has 1 heterocycles. The highest BCUT2D eigenvalue weighted by molar-refractivity contribution is 5.97. The molecule has 0 saturated carbocycles. The van der Waals surface area contributed by atoms with Crippen LogP contribution in [0.3, 0.4) is 0 Å². The molecule has 0 spiro atoms. The number of hydrogen-bond donors (Lipinski definition) is 1. The molecule has 2 amide bonds. The predicted octanol–water partition coefficient (Wildman–Crippen LogP) is 2.72. The molecule has 1 saturated heterocycles. The summed E-state index contributed by atoms with van der Waals surface area (Å²) in [7, 11) is 0. The third-order valence-corrected chi connectivity index (χ3v) is 4.20. The number of amides is 2. The van der Waals surface area contributed by atoms with Crippen LogP contribution in [0.1, 0.15) is 12.0 Å². The normalized spacial score (nSPS) is 16.6. The third kappa shape index (κ3) is 4.02. The lowest BCUT2D eigenvalue weighted by Crippen LogP contribution is -2.28. The number of carbonyl (C=O) groups is 2. The Kier molecular flexibility index (Phi) is 4.92. The second-order valence-corrected chi connectivity index (χ2v) is 6.10. The van der Waals surface area contributed by atoms with Crippen molar-refractivity contribution in [1.82, 2.24) is 4.90 Å². The topological polar surface area (TPSA) is 92.5 Å². The fourth-order valence-corrected chi connectivity index (χ4v) is 2.85. The summed E-state index contributed by atoms with van der Waals surface area (Å²) in [5.74, 6) is -1.41. The van der Waals surface area contributed by atoms with Gasteiger partial charge in [0.25, 0.3) is 5.69 Å². The lowest BCUT2D eigenvalue weighted by atomic mass is 10.1. The van der Waals surface area contributed by atoms with Crippen LogP contribution in [-0.4, -0.2) is 28.2 Å². The zero-order valence-electron chi connectivity index (χ0n) is 13.7. The summed E-state index contributed by atoms with van der Waals surface area (Å²) in [6, 6.07) is 11.5. The number of nitro groups is 1. The van der Waals surface area contributed by atoms with Crippen molar-refractivity contribution in [2.24, 2.45) is 5.92 Å². The second-order valence-electron chi connectivity index (χ2n) is 6.10. The van der Waals surface area contributed by atoms with E-state index in [0.717, 1.165) is 5.56 Å². The van der Waals surface area contributed by atoms with Crippen LogP contribution in [0.15, 0.2) is 48.5 Å². The first-order chi connectivity index (χ1) is 12.4. The quantitative estimate of drug-likeness (QED) is 0.658. The molecule has 0 bridgehead atoms. The Morgan fingerprint density at radius 1 is 1.27 bits per heavy atom. The molecule has 8 heteroatoms. The zero-order valence-corrected chi connectivity index (χ0v) is 13.7. The number of hydrogen-bond acceptors (Lipinski definition) is 4. The maximum atomic E-state index is 13.0. The molecule has 1 atom stereocenters. The number of nitrogens with zero attached hydrogens (tertiary/aromatic N) is 2. The van der Waals surface area contributed by atoms with Crippen molar-refractivity contribution >= 4 is 23.2 Å². The summed E-state index contributed by atoms with van der Waals surface area (Å²) in [5, 5.41) is 13.4. The average Bonchev–Trinajstić information content (AvgIpc) is 2.98. The highest BCUT2D eigenvalue weighted by Crippen LogP contribution is 2.23. The van der Waals surface area contributed by atoms with E-state index in [0.29, 0.717) is 12.2 Å². The molecule has 7 nitrogen and oxygen atoms in total. The van der Waals surface area contributed by atoms with Crippen molar-refractivity contribution in [3.8, 4) is 0 Å². The van der Waals surface area contributed by atoms with Crippen LogP contribution in [-0.2, 0) is 16.1 Å². The molecule has 2 aromatic carbocycles. The smallest absolute Gasteiger partial charge is 0.271 e. The Labute approximate surface area is 148 Å². The summed E-state index contributed by atoms with van der Waals surface area (Å²) < 4.78 is 13.0. The fourth-order valence-electron chi connectivity index (χ4n) is 2.85. The number of non-ortho nitro benzene ring substituents is 1. The first kappa shape index (κ1) is 17.5. The van der Waals surface area contributed by atoms with E-state index in [4.69, 9.17) is 0 Å². The van der Waals surface area contributed by atoms with Gasteiger partial charge in [-0.25, -0.2) is 4.39 Å². The number of nitrogens with one attached hydrogen (secondary N) is 1. The van der Waals surface area contributed by atoms with Gasteiger partial charge in [-0.3, -0.25) is 19.7 Å². The lowest BCUT2D eigenvalue weighted by molar-refractivity contribution is -0.384. The lowest BCUT2D eigenvalue weighted by Gasteiger charge is -2.16. The molecular formula is C18H16FN3O4. The van der Waals surface area contributed by atoms with Gasteiger partial charge in [0, 0.05) is 37.3 Å². The predicted molar refractivity (Wildman–Crippen MR) is 91.7 cm³/mol. The summed E-state index contributed by atoms with van der Waals surface area (Å²) in [6.45, 7) is 0.552. The van der Waals surface area contributed by atoms with Gasteiger partial charge in [0.2, 0.25) is 11.8 Å². The largest absolute Gasteiger partial charge is 0.338 e. The van der Waals surface area contributed by atoms with Gasteiger partial charge in [0.15, 0.2) is 0 Å². The Morgan fingerprint density at radius 2 is 2.00 bits per heavy atom. The van der Waals surface area contributed by atoms with E-state index in [1.807, 2.05) is 0 Å². The van der Waals surface area contributed by atoms with Gasteiger partial charge in [-0.05, 0) is 23.8 Å². The molecule has 134 valence electrons. The highest BCUT2D eigenvalue weighted by Gasteiger charge is 2.34. The van der Waals surface area contributed by atoms with E-state index in [1.54, 1.807) is 23.1 Å². The number of likely N-dealkylation sites (tertiary alicyclic amines) is 1. The molecule has 1 aliphatic rings. The van der Waals surface area contributed by atoms with Gasteiger partial charge in [-0.1, -0.05) is 18.2 Å². The van der Waals surface area contributed by atoms with Gasteiger partial charge in [0.1, 0.15) is 5.82 Å². The Bertz CT molecular complexity index is 854. The van der Waals surface area contributed by atoms with E-state index >= 15 is 0 Å². The number of carbonyl (C=O) groups excluding carboxylic acids is 2. The zero-order chi connectivity index (χ0) is 18.7. The molecule has 26 heavy (non-hydrogen) atoms. The van der Waals surface area contributed by atoms with E-state index < -0.39 is 10.8 Å². The summed E-state index contributed by atoms with van der Waals surface area (Å²) in [4.78, 5) is 36.3. The van der Waals surface area contributed by atoms with E-state index in [1.165, 1.54) is 30.3 Å². The van der Waals surface area contributed by atoms with Crippen molar-refractivity contribution in [2.45, 2.75) is 13.0 Å². The Morgan fingerprint density at radius 3 is 2.69 bits per heavy atom. The Hall–Kier alpha value is -3.29. The molecule has 1 N–H and O–H groups in total. The molecule has 1 fully saturated rings.